The molecule has 0 unspecified atom stereocenters. The number of nitrogens with one attached hydrogen (secondary N) is 3. The van der Waals surface area contributed by atoms with Crippen molar-refractivity contribution in [2.24, 2.45) is 17.3 Å². The van der Waals surface area contributed by atoms with E-state index in [0.717, 1.165) is 12.8 Å². The maximum Gasteiger partial charge on any atom is 0.238 e. The number of fused-ring (bicyclic) bond motifs is 2. The summed E-state index contributed by atoms with van der Waals surface area (Å²) in [6.07, 6.45) is 3.37. The number of Topliss-reactive ketones (excluding diaryl/α,β-unsaturated/α-hetero) is 1. The second kappa shape index (κ2) is 11.5. The van der Waals surface area contributed by atoms with Crippen LogP contribution in [0.5, 0.6) is 0 Å². The summed E-state index contributed by atoms with van der Waals surface area (Å²) < 4.78 is 15.9. The lowest BCUT2D eigenvalue weighted by Crippen LogP contribution is -2.50. The number of anilines is 1. The number of rotatable bonds is 6. The fourth-order valence-corrected chi connectivity index (χ4v) is 7.79. The van der Waals surface area contributed by atoms with Crippen molar-refractivity contribution < 1.29 is 18.8 Å². The van der Waals surface area contributed by atoms with E-state index in [2.05, 4.69) is 36.7 Å². The largest absolute Gasteiger partial charge is 0.352 e. The third kappa shape index (κ3) is 5.48. The van der Waals surface area contributed by atoms with Crippen molar-refractivity contribution in [1.82, 2.24) is 10.6 Å². The SMILES string of the molecule is CC(C)C(=O)[C@H]1CC[C@H](NC(=O)[C@@H]2N[C@@H](CC(C)(C)C)[C@@]3(C(=O)Nc4cc(Cl)ccc43)[C@H]2c2cccc(Cl)c2F)CC1. The maximum atomic E-state index is 15.9. The summed E-state index contributed by atoms with van der Waals surface area (Å²) in [6.45, 7) is 10.1. The molecule has 2 aromatic carbocycles. The quantitative estimate of drug-likeness (QED) is 0.334. The Labute approximate surface area is 257 Å². The lowest BCUT2D eigenvalue weighted by atomic mass is 9.62. The molecule has 9 heteroatoms. The highest BCUT2D eigenvalue weighted by Gasteiger charge is 2.66. The fraction of sp³-hybridized carbons (Fsp3) is 0.545. The van der Waals surface area contributed by atoms with E-state index in [1.54, 1.807) is 24.3 Å². The molecule has 3 aliphatic rings. The van der Waals surface area contributed by atoms with E-state index in [1.165, 1.54) is 6.07 Å². The third-order valence-corrected chi connectivity index (χ3v) is 9.79. The van der Waals surface area contributed by atoms with E-state index in [-0.39, 0.29) is 51.5 Å². The van der Waals surface area contributed by atoms with E-state index in [9.17, 15) is 14.4 Å². The van der Waals surface area contributed by atoms with Crippen LogP contribution >= 0.6 is 23.2 Å². The molecule has 42 heavy (non-hydrogen) atoms. The maximum absolute atomic E-state index is 15.9. The summed E-state index contributed by atoms with van der Waals surface area (Å²) >= 11 is 12.6. The van der Waals surface area contributed by atoms with Gasteiger partial charge in [-0.25, -0.2) is 4.39 Å². The minimum atomic E-state index is -1.29. The number of carbonyl (C=O) groups is 3. The third-order valence-electron chi connectivity index (χ3n) is 9.27. The highest BCUT2D eigenvalue weighted by molar-refractivity contribution is 6.31. The number of ketones is 1. The standard InChI is InChI=1S/C33H40Cl2FN3O3/c1-17(2)29(40)18-9-12-20(13-10-18)37-30(41)28-26(21-7-6-8-23(35)27(21)36)33(25(39-28)16-32(3,4)5)22-14-11-19(34)15-24(22)38-31(33)42/h6-8,11,14-15,17-18,20,25-26,28,39H,9-10,12-13,16H2,1-5H3,(H,37,41)(H,38,42)/t18-,20-,25-,26-,28+,33+/m0/s1. The molecule has 3 N–H and O–H groups in total. The van der Waals surface area contributed by atoms with Crippen LogP contribution in [0.25, 0.3) is 0 Å². The zero-order valence-electron chi connectivity index (χ0n) is 24.8. The molecule has 2 aliphatic heterocycles. The summed E-state index contributed by atoms with van der Waals surface area (Å²) in [6, 6.07) is 8.49. The second-order valence-corrected chi connectivity index (χ2v) is 14.6. The van der Waals surface area contributed by atoms with Gasteiger partial charge in [-0.2, -0.15) is 0 Å². The first-order chi connectivity index (χ1) is 19.7. The van der Waals surface area contributed by atoms with Gasteiger partial charge in [0.25, 0.3) is 0 Å². The van der Waals surface area contributed by atoms with E-state index < -0.39 is 29.2 Å². The number of benzene rings is 2. The molecular weight excluding hydrogens is 576 g/mol. The van der Waals surface area contributed by atoms with Crippen LogP contribution < -0.4 is 16.0 Å². The Morgan fingerprint density at radius 2 is 1.79 bits per heavy atom. The number of amides is 2. The molecular formula is C33H40Cl2FN3O3. The van der Waals surface area contributed by atoms with Crippen LogP contribution in [-0.4, -0.2) is 35.7 Å². The van der Waals surface area contributed by atoms with E-state index in [4.69, 9.17) is 23.2 Å². The monoisotopic (exact) mass is 615 g/mol. The summed E-state index contributed by atoms with van der Waals surface area (Å²) in [5, 5.41) is 10.1. The minimum absolute atomic E-state index is 0.0107. The number of halogens is 3. The first-order valence-corrected chi connectivity index (χ1v) is 15.6. The van der Waals surface area contributed by atoms with Gasteiger partial charge in [0.15, 0.2) is 0 Å². The molecule has 1 spiro atoms. The summed E-state index contributed by atoms with van der Waals surface area (Å²) in [7, 11) is 0. The average Bonchev–Trinajstić information content (AvgIpc) is 3.39. The second-order valence-electron chi connectivity index (χ2n) is 13.7. The lowest BCUT2D eigenvalue weighted by molar-refractivity contribution is -0.127. The van der Waals surface area contributed by atoms with Crippen LogP contribution in [0.3, 0.4) is 0 Å². The van der Waals surface area contributed by atoms with Crippen molar-refractivity contribution in [3.05, 3.63) is 63.4 Å². The van der Waals surface area contributed by atoms with Crippen molar-refractivity contribution in [3.8, 4) is 0 Å². The highest BCUT2D eigenvalue weighted by atomic mass is 35.5. The Kier molecular flexibility index (Phi) is 8.51. The zero-order chi connectivity index (χ0) is 30.6. The van der Waals surface area contributed by atoms with E-state index >= 15 is 4.39 Å². The van der Waals surface area contributed by atoms with Crippen molar-refractivity contribution in [1.29, 1.82) is 0 Å². The predicted octanol–water partition coefficient (Wildman–Crippen LogP) is 6.78. The summed E-state index contributed by atoms with van der Waals surface area (Å²) in [4.78, 5) is 41.0. The molecule has 6 nitrogen and oxygen atoms in total. The molecule has 1 aliphatic carbocycles. The summed E-state index contributed by atoms with van der Waals surface area (Å²) in [5.74, 6) is -1.83. The van der Waals surface area contributed by atoms with Gasteiger partial charge in [0.05, 0.1) is 11.1 Å². The van der Waals surface area contributed by atoms with Gasteiger partial charge >= 0.3 is 0 Å². The van der Waals surface area contributed by atoms with Gasteiger partial charge in [-0.1, -0.05) is 76.0 Å². The predicted molar refractivity (Wildman–Crippen MR) is 164 cm³/mol. The Balaban J connectivity index is 1.57. The van der Waals surface area contributed by atoms with Gasteiger partial charge in [-0.15, -0.1) is 0 Å². The Bertz CT molecular complexity index is 1400. The number of hydrogen-bond acceptors (Lipinski definition) is 4. The minimum Gasteiger partial charge on any atom is -0.352 e. The van der Waals surface area contributed by atoms with Gasteiger partial charge in [0.2, 0.25) is 11.8 Å². The average molecular weight is 617 g/mol. The molecule has 1 saturated heterocycles. The smallest absolute Gasteiger partial charge is 0.238 e. The van der Waals surface area contributed by atoms with Crippen LogP contribution in [0.4, 0.5) is 10.1 Å². The lowest BCUT2D eigenvalue weighted by Gasteiger charge is -2.38. The molecule has 0 radical (unpaired) electrons. The van der Waals surface area contributed by atoms with Gasteiger partial charge in [0, 0.05) is 40.5 Å². The Morgan fingerprint density at radius 3 is 2.43 bits per heavy atom. The molecule has 2 heterocycles. The van der Waals surface area contributed by atoms with Crippen molar-refractivity contribution in [2.45, 2.75) is 96.2 Å². The molecule has 0 bridgehead atoms. The molecule has 1 saturated carbocycles. The van der Waals surface area contributed by atoms with Gasteiger partial charge in [0.1, 0.15) is 17.0 Å². The van der Waals surface area contributed by atoms with Gasteiger partial charge < -0.3 is 16.0 Å². The van der Waals surface area contributed by atoms with E-state index in [1.807, 2.05) is 19.9 Å². The van der Waals surface area contributed by atoms with Crippen LogP contribution in [0.1, 0.15) is 83.8 Å². The summed E-state index contributed by atoms with van der Waals surface area (Å²) in [5.41, 5.74) is -0.0385. The highest BCUT2D eigenvalue weighted by Crippen LogP contribution is 2.57. The Hall–Kier alpha value is -2.48. The van der Waals surface area contributed by atoms with E-state index in [0.29, 0.717) is 35.5 Å². The normalized spacial score (nSPS) is 29.1. The number of carbonyl (C=O) groups excluding carboxylic acids is 3. The van der Waals surface area contributed by atoms with Crippen LogP contribution in [0.2, 0.25) is 10.0 Å². The zero-order valence-corrected chi connectivity index (χ0v) is 26.3. The van der Waals surface area contributed by atoms with Crippen LogP contribution in [0, 0.1) is 23.1 Å². The van der Waals surface area contributed by atoms with Crippen LogP contribution in [0.15, 0.2) is 36.4 Å². The molecule has 5 rings (SSSR count). The molecule has 2 fully saturated rings. The first kappa shape index (κ1) is 31.0. The van der Waals surface area contributed by atoms with Crippen molar-refractivity contribution >= 4 is 46.5 Å². The number of hydrogen-bond donors (Lipinski definition) is 3. The topological polar surface area (TPSA) is 87.3 Å². The van der Waals surface area contributed by atoms with Gasteiger partial charge in [-0.05, 0) is 66.8 Å². The molecule has 2 aromatic rings. The first-order valence-electron chi connectivity index (χ1n) is 14.9. The molecule has 226 valence electrons. The van der Waals surface area contributed by atoms with Crippen molar-refractivity contribution in [3.63, 3.8) is 0 Å². The van der Waals surface area contributed by atoms with Crippen LogP contribution in [-0.2, 0) is 19.8 Å². The fourth-order valence-electron chi connectivity index (χ4n) is 7.44. The Morgan fingerprint density at radius 1 is 1.10 bits per heavy atom. The molecule has 0 aromatic heterocycles. The van der Waals surface area contributed by atoms with Crippen molar-refractivity contribution in [2.75, 3.05) is 5.32 Å². The molecule has 2 amide bonds. The molecule has 4 atom stereocenters. The van der Waals surface area contributed by atoms with Gasteiger partial charge in [-0.3, -0.25) is 14.4 Å².